The molecule has 0 heterocycles. The molecule has 0 N–H and O–H groups in total. The number of benzene rings is 3. The standard InChI is InChI=1S/C31H29NO/c1-6-7-20-33-29-16-12-27(13-17-29)15-19-31-24(4)22(2)30(23(3)25(31)5)18-14-26-8-10-28(21-32)11-9-26/h8-13,16-17H,6-7,20H2,1-5H3. The zero-order valence-electron chi connectivity index (χ0n) is 20.1. The van der Waals surface area contributed by atoms with E-state index in [2.05, 4.69) is 64.4 Å². The Morgan fingerprint density at radius 1 is 0.636 bits per heavy atom. The van der Waals surface area contributed by atoms with E-state index in [4.69, 9.17) is 10.00 Å². The highest BCUT2D eigenvalue weighted by molar-refractivity contribution is 5.62. The van der Waals surface area contributed by atoms with E-state index in [0.717, 1.165) is 69.7 Å². The van der Waals surface area contributed by atoms with Crippen LogP contribution >= 0.6 is 0 Å². The second kappa shape index (κ2) is 11.1. The molecule has 0 aliphatic heterocycles. The van der Waals surface area contributed by atoms with Crippen LogP contribution in [0.1, 0.15) is 69.8 Å². The average Bonchev–Trinajstić information content (AvgIpc) is 2.84. The van der Waals surface area contributed by atoms with Gasteiger partial charge in [-0.05, 0) is 105 Å². The topological polar surface area (TPSA) is 33.0 Å². The van der Waals surface area contributed by atoms with Gasteiger partial charge in [-0.1, -0.05) is 37.0 Å². The van der Waals surface area contributed by atoms with Gasteiger partial charge in [0.2, 0.25) is 0 Å². The van der Waals surface area contributed by atoms with Gasteiger partial charge < -0.3 is 4.74 Å². The fraction of sp³-hybridized carbons (Fsp3) is 0.258. The maximum Gasteiger partial charge on any atom is 0.119 e. The van der Waals surface area contributed by atoms with E-state index < -0.39 is 0 Å². The lowest BCUT2D eigenvalue weighted by Gasteiger charge is -2.14. The highest BCUT2D eigenvalue weighted by Crippen LogP contribution is 2.26. The van der Waals surface area contributed by atoms with Gasteiger partial charge in [-0.25, -0.2) is 0 Å². The molecule has 0 saturated carbocycles. The van der Waals surface area contributed by atoms with Gasteiger partial charge >= 0.3 is 0 Å². The van der Waals surface area contributed by atoms with Crippen molar-refractivity contribution in [3.63, 3.8) is 0 Å². The lowest BCUT2D eigenvalue weighted by Crippen LogP contribution is -2.01. The van der Waals surface area contributed by atoms with Crippen molar-refractivity contribution in [2.75, 3.05) is 6.61 Å². The molecule has 2 heteroatoms. The molecule has 3 aromatic carbocycles. The molecule has 0 spiro atoms. The van der Waals surface area contributed by atoms with Crippen molar-refractivity contribution < 1.29 is 4.74 Å². The first-order valence-electron chi connectivity index (χ1n) is 11.3. The molecule has 0 aliphatic carbocycles. The van der Waals surface area contributed by atoms with E-state index in [1.165, 1.54) is 0 Å². The number of ether oxygens (including phenoxy) is 1. The lowest BCUT2D eigenvalue weighted by atomic mass is 9.89. The summed E-state index contributed by atoms with van der Waals surface area (Å²) in [6, 6.07) is 17.5. The van der Waals surface area contributed by atoms with Crippen molar-refractivity contribution in [3.05, 3.63) is 98.6 Å². The third-order valence-electron chi connectivity index (χ3n) is 5.92. The van der Waals surface area contributed by atoms with Gasteiger partial charge in [0.25, 0.3) is 0 Å². The third kappa shape index (κ3) is 5.86. The number of unbranched alkanes of at least 4 members (excludes halogenated alkanes) is 1. The van der Waals surface area contributed by atoms with Crippen LogP contribution in [0, 0.1) is 62.7 Å². The van der Waals surface area contributed by atoms with E-state index in [0.29, 0.717) is 5.56 Å². The van der Waals surface area contributed by atoms with Crippen LogP contribution in [0.25, 0.3) is 0 Å². The van der Waals surface area contributed by atoms with Crippen molar-refractivity contribution in [3.8, 4) is 35.5 Å². The second-order valence-corrected chi connectivity index (χ2v) is 8.17. The molecular weight excluding hydrogens is 402 g/mol. The molecule has 0 fully saturated rings. The minimum absolute atomic E-state index is 0.640. The van der Waals surface area contributed by atoms with Gasteiger partial charge in [0, 0.05) is 22.3 Å². The Bertz CT molecular complexity index is 1270. The Balaban J connectivity index is 1.88. The van der Waals surface area contributed by atoms with E-state index in [9.17, 15) is 0 Å². The fourth-order valence-corrected chi connectivity index (χ4v) is 3.55. The number of rotatable bonds is 4. The molecule has 0 radical (unpaired) electrons. The molecule has 3 aromatic rings. The largest absolute Gasteiger partial charge is 0.494 e. The first-order valence-corrected chi connectivity index (χ1v) is 11.3. The quantitative estimate of drug-likeness (QED) is 0.337. The normalized spacial score (nSPS) is 9.82. The summed E-state index contributed by atoms with van der Waals surface area (Å²) in [5.41, 5.74) is 9.26. The molecule has 3 rings (SSSR count). The smallest absolute Gasteiger partial charge is 0.119 e. The molecule has 0 aromatic heterocycles. The van der Waals surface area contributed by atoms with E-state index >= 15 is 0 Å². The van der Waals surface area contributed by atoms with Crippen LogP contribution in [0.4, 0.5) is 0 Å². The summed E-state index contributed by atoms with van der Waals surface area (Å²) in [6.07, 6.45) is 2.19. The predicted octanol–water partition coefficient (Wildman–Crippen LogP) is 6.77. The maximum atomic E-state index is 8.96. The van der Waals surface area contributed by atoms with Crippen LogP contribution in [0.15, 0.2) is 48.5 Å². The van der Waals surface area contributed by atoms with Crippen LogP contribution in [-0.2, 0) is 0 Å². The minimum Gasteiger partial charge on any atom is -0.494 e. The number of hydrogen-bond donors (Lipinski definition) is 0. The van der Waals surface area contributed by atoms with Gasteiger partial charge in [0.05, 0.1) is 18.2 Å². The first kappa shape index (κ1) is 23.7. The summed E-state index contributed by atoms with van der Waals surface area (Å²) in [5.74, 6) is 14.2. The summed E-state index contributed by atoms with van der Waals surface area (Å²) >= 11 is 0. The molecule has 0 amide bonds. The zero-order valence-corrected chi connectivity index (χ0v) is 20.1. The van der Waals surface area contributed by atoms with Gasteiger partial charge in [-0.2, -0.15) is 5.26 Å². The van der Waals surface area contributed by atoms with E-state index in [-0.39, 0.29) is 0 Å². The molecule has 0 saturated heterocycles. The van der Waals surface area contributed by atoms with Crippen LogP contribution < -0.4 is 4.74 Å². The highest BCUT2D eigenvalue weighted by Gasteiger charge is 2.12. The molecule has 2 nitrogen and oxygen atoms in total. The second-order valence-electron chi connectivity index (χ2n) is 8.17. The average molecular weight is 432 g/mol. The summed E-state index contributed by atoms with van der Waals surface area (Å²) in [5, 5.41) is 8.96. The molecule has 0 atom stereocenters. The number of hydrogen-bond acceptors (Lipinski definition) is 2. The fourth-order valence-electron chi connectivity index (χ4n) is 3.55. The molecule has 164 valence electrons. The Morgan fingerprint density at radius 3 is 1.48 bits per heavy atom. The number of nitriles is 1. The van der Waals surface area contributed by atoms with Crippen molar-refractivity contribution in [1.82, 2.24) is 0 Å². The monoisotopic (exact) mass is 431 g/mol. The van der Waals surface area contributed by atoms with Crippen LogP contribution in [0.3, 0.4) is 0 Å². The van der Waals surface area contributed by atoms with Crippen molar-refractivity contribution in [1.29, 1.82) is 5.26 Å². The summed E-state index contributed by atoms with van der Waals surface area (Å²) in [6.45, 7) is 11.4. The van der Waals surface area contributed by atoms with Gasteiger partial charge in [0.1, 0.15) is 5.75 Å². The van der Waals surface area contributed by atoms with Crippen molar-refractivity contribution in [2.45, 2.75) is 47.5 Å². The lowest BCUT2D eigenvalue weighted by molar-refractivity contribution is 0.309. The van der Waals surface area contributed by atoms with Gasteiger partial charge in [0.15, 0.2) is 0 Å². The minimum atomic E-state index is 0.640. The zero-order chi connectivity index (χ0) is 23.8. The first-order chi connectivity index (χ1) is 15.9. The Morgan fingerprint density at radius 2 is 1.06 bits per heavy atom. The summed E-state index contributed by atoms with van der Waals surface area (Å²) in [7, 11) is 0. The maximum absolute atomic E-state index is 8.96. The van der Waals surface area contributed by atoms with Gasteiger partial charge in [-0.3, -0.25) is 0 Å². The molecule has 0 unspecified atom stereocenters. The summed E-state index contributed by atoms with van der Waals surface area (Å²) < 4.78 is 5.74. The van der Waals surface area contributed by atoms with Crippen molar-refractivity contribution >= 4 is 0 Å². The Kier molecular flexibility index (Phi) is 7.97. The molecule has 33 heavy (non-hydrogen) atoms. The van der Waals surface area contributed by atoms with Crippen LogP contribution in [0.5, 0.6) is 5.75 Å². The Labute approximate surface area is 198 Å². The van der Waals surface area contributed by atoms with Crippen molar-refractivity contribution in [2.24, 2.45) is 0 Å². The molecule has 0 aliphatic rings. The van der Waals surface area contributed by atoms with E-state index in [1.54, 1.807) is 12.1 Å². The van der Waals surface area contributed by atoms with E-state index in [1.807, 2.05) is 36.4 Å². The van der Waals surface area contributed by atoms with Crippen LogP contribution in [-0.4, -0.2) is 6.61 Å². The molecular formula is C31H29NO. The summed E-state index contributed by atoms with van der Waals surface area (Å²) in [4.78, 5) is 0. The van der Waals surface area contributed by atoms with Gasteiger partial charge in [-0.15, -0.1) is 0 Å². The number of nitrogens with zero attached hydrogens (tertiary/aromatic N) is 1. The predicted molar refractivity (Wildman–Crippen MR) is 135 cm³/mol. The highest BCUT2D eigenvalue weighted by atomic mass is 16.5. The third-order valence-corrected chi connectivity index (χ3v) is 5.92. The Hall–Kier alpha value is -3.93. The SMILES string of the molecule is CCCCOc1ccc(C#Cc2c(C)c(C)c(C#Cc3ccc(C#N)cc3)c(C)c2C)cc1. The molecule has 0 bridgehead atoms. The van der Waals surface area contributed by atoms with Crippen LogP contribution in [0.2, 0.25) is 0 Å².